The molecule has 162 valence electrons. The average molecular weight is 479 g/mol. The molecule has 0 saturated carbocycles. The Bertz CT molecular complexity index is 1370. The van der Waals surface area contributed by atoms with Crippen molar-refractivity contribution < 1.29 is 0 Å². The Morgan fingerprint density at radius 3 is 2.81 bits per heavy atom. The third kappa shape index (κ3) is 3.32. The number of nitrogens with zero attached hydrogens (tertiary/aromatic N) is 5. The van der Waals surface area contributed by atoms with E-state index in [9.17, 15) is 9.59 Å². The number of rotatable bonds is 2. The van der Waals surface area contributed by atoms with Gasteiger partial charge in [0.15, 0.2) is 4.96 Å². The Kier molecular flexibility index (Phi) is 5.78. The highest BCUT2D eigenvalue weighted by molar-refractivity contribution is 7.15. The first-order valence-corrected chi connectivity index (χ1v) is 10.5. The van der Waals surface area contributed by atoms with Gasteiger partial charge in [0, 0.05) is 48.7 Å². The van der Waals surface area contributed by atoms with Crippen molar-refractivity contribution in [3.05, 3.63) is 68.7 Å². The van der Waals surface area contributed by atoms with Crippen molar-refractivity contribution in [1.29, 1.82) is 0 Å². The molecule has 2 aliphatic heterocycles. The van der Waals surface area contributed by atoms with E-state index in [0.29, 0.717) is 33.9 Å². The smallest absolute Gasteiger partial charge is 0.282 e. The predicted molar refractivity (Wildman–Crippen MR) is 124 cm³/mol. The van der Waals surface area contributed by atoms with E-state index in [0.717, 1.165) is 31.7 Å². The summed E-state index contributed by atoms with van der Waals surface area (Å²) in [5, 5.41) is 5.29. The topological polar surface area (TPSA) is 86.2 Å². The summed E-state index contributed by atoms with van der Waals surface area (Å²) in [5.41, 5.74) is 1.73. The van der Waals surface area contributed by atoms with Gasteiger partial charge in [0.05, 0.1) is 11.8 Å². The van der Waals surface area contributed by atoms with E-state index >= 15 is 0 Å². The molecule has 4 aromatic heterocycles. The second-order valence-electron chi connectivity index (χ2n) is 7.67. The lowest BCUT2D eigenvalue weighted by Gasteiger charge is -2.37. The van der Waals surface area contributed by atoms with E-state index in [1.54, 1.807) is 29.4 Å². The SMILES string of the molecule is Cl.Cl.O=c1c(-c2nccn2-c2cnc3sccn3c2=O)ccc2n1C[C@@H]1CNC[C@H]2C1. The largest absolute Gasteiger partial charge is 0.316 e. The molecule has 0 radical (unpaired) electrons. The lowest BCUT2D eigenvalue weighted by Crippen LogP contribution is -2.45. The number of nitrogens with one attached hydrogen (secondary N) is 1. The maximum absolute atomic E-state index is 13.4. The van der Waals surface area contributed by atoms with Crippen LogP contribution >= 0.6 is 36.2 Å². The zero-order valence-electron chi connectivity index (χ0n) is 16.3. The van der Waals surface area contributed by atoms with Gasteiger partial charge in [-0.3, -0.25) is 18.6 Å². The molecule has 2 bridgehead atoms. The molecule has 0 aliphatic carbocycles. The summed E-state index contributed by atoms with van der Waals surface area (Å²) >= 11 is 1.40. The molecule has 6 rings (SSSR count). The van der Waals surface area contributed by atoms with Crippen molar-refractivity contribution in [2.24, 2.45) is 5.92 Å². The Balaban J connectivity index is 0.00000116. The zero-order valence-corrected chi connectivity index (χ0v) is 18.8. The minimum atomic E-state index is -0.186. The van der Waals surface area contributed by atoms with Crippen LogP contribution < -0.4 is 16.4 Å². The molecule has 0 aromatic carbocycles. The lowest BCUT2D eigenvalue weighted by molar-refractivity contribution is 0.257. The summed E-state index contributed by atoms with van der Waals surface area (Å²) in [6.45, 7) is 2.58. The molecular weight excluding hydrogens is 459 g/mol. The molecule has 31 heavy (non-hydrogen) atoms. The first-order valence-electron chi connectivity index (χ1n) is 9.64. The summed E-state index contributed by atoms with van der Waals surface area (Å²) < 4.78 is 5.08. The number of halogens is 2. The monoisotopic (exact) mass is 478 g/mol. The molecule has 1 N–H and O–H groups in total. The Morgan fingerprint density at radius 2 is 1.94 bits per heavy atom. The molecule has 2 aliphatic rings. The number of hydrogen-bond donors (Lipinski definition) is 1. The van der Waals surface area contributed by atoms with Crippen LogP contribution in [0.25, 0.3) is 22.0 Å². The standard InChI is InChI=1S/C20H18N6O2S.2ClH/c27-18-14(1-2-15-13-7-12(8-21-9-13)11-26(15)18)17-22-3-4-24(17)16-10-23-20-25(19(16)28)5-6-29-20;;/h1-6,10,12-13,21H,7-9,11H2;2*1H/t12-,13+;;/m0../s1. The van der Waals surface area contributed by atoms with Gasteiger partial charge in [-0.25, -0.2) is 9.97 Å². The Morgan fingerprint density at radius 1 is 1.06 bits per heavy atom. The summed E-state index contributed by atoms with van der Waals surface area (Å²) in [6.07, 6.45) is 7.69. The van der Waals surface area contributed by atoms with Crippen LogP contribution in [0.4, 0.5) is 0 Å². The summed E-state index contributed by atoms with van der Waals surface area (Å²) in [7, 11) is 0. The van der Waals surface area contributed by atoms with Gasteiger partial charge in [0.2, 0.25) is 0 Å². The van der Waals surface area contributed by atoms with Crippen LogP contribution in [0.15, 0.2) is 51.9 Å². The van der Waals surface area contributed by atoms with E-state index < -0.39 is 0 Å². The van der Waals surface area contributed by atoms with Gasteiger partial charge in [0.25, 0.3) is 11.1 Å². The van der Waals surface area contributed by atoms with Crippen LogP contribution in [0.5, 0.6) is 0 Å². The van der Waals surface area contributed by atoms with Crippen molar-refractivity contribution in [3.63, 3.8) is 0 Å². The molecule has 1 fully saturated rings. The highest BCUT2D eigenvalue weighted by Crippen LogP contribution is 2.32. The van der Waals surface area contributed by atoms with Crippen molar-refractivity contribution in [1.82, 2.24) is 28.8 Å². The molecule has 2 atom stereocenters. The molecule has 11 heteroatoms. The number of imidazole rings is 1. The number of aromatic nitrogens is 5. The highest BCUT2D eigenvalue weighted by Gasteiger charge is 2.31. The number of pyridine rings is 1. The van der Waals surface area contributed by atoms with Crippen LogP contribution in [0.1, 0.15) is 18.0 Å². The number of fused-ring (bicyclic) bond motifs is 5. The second kappa shape index (κ2) is 8.23. The molecule has 4 aromatic rings. The first kappa shape index (κ1) is 21.8. The highest BCUT2D eigenvalue weighted by atomic mass is 35.5. The fourth-order valence-electron chi connectivity index (χ4n) is 4.64. The van der Waals surface area contributed by atoms with Crippen molar-refractivity contribution in [3.8, 4) is 17.1 Å². The average Bonchev–Trinajstić information content (AvgIpc) is 3.39. The fourth-order valence-corrected chi connectivity index (χ4v) is 5.31. The van der Waals surface area contributed by atoms with E-state index in [1.165, 1.54) is 15.7 Å². The predicted octanol–water partition coefficient (Wildman–Crippen LogP) is 2.32. The molecule has 0 unspecified atom stereocenters. The summed E-state index contributed by atoms with van der Waals surface area (Å²) in [4.78, 5) is 35.7. The van der Waals surface area contributed by atoms with Crippen LogP contribution in [-0.2, 0) is 6.54 Å². The minimum Gasteiger partial charge on any atom is -0.316 e. The van der Waals surface area contributed by atoms with Gasteiger partial charge in [0.1, 0.15) is 11.5 Å². The first-order chi connectivity index (χ1) is 14.2. The van der Waals surface area contributed by atoms with Crippen LogP contribution in [0.3, 0.4) is 0 Å². The quantitative estimate of drug-likeness (QED) is 0.477. The molecular formula is C20H20Cl2N6O2S. The van der Waals surface area contributed by atoms with Crippen LogP contribution in [-0.4, -0.2) is 36.6 Å². The van der Waals surface area contributed by atoms with Crippen molar-refractivity contribution in [2.45, 2.75) is 18.9 Å². The van der Waals surface area contributed by atoms with Crippen LogP contribution in [0, 0.1) is 5.92 Å². The van der Waals surface area contributed by atoms with Gasteiger partial charge in [-0.2, -0.15) is 0 Å². The van der Waals surface area contributed by atoms with Gasteiger partial charge >= 0.3 is 0 Å². The fraction of sp³-hybridized carbons (Fsp3) is 0.300. The Labute approximate surface area is 193 Å². The molecule has 0 spiro atoms. The second-order valence-corrected chi connectivity index (χ2v) is 8.54. The zero-order chi connectivity index (χ0) is 19.5. The summed E-state index contributed by atoms with van der Waals surface area (Å²) in [5.74, 6) is 1.32. The molecule has 8 nitrogen and oxygen atoms in total. The number of hydrogen-bond acceptors (Lipinski definition) is 6. The minimum absolute atomic E-state index is 0. The van der Waals surface area contributed by atoms with Crippen LogP contribution in [0.2, 0.25) is 0 Å². The third-order valence-electron chi connectivity index (χ3n) is 5.97. The van der Waals surface area contributed by atoms with Gasteiger partial charge < -0.3 is 9.88 Å². The maximum Gasteiger partial charge on any atom is 0.282 e. The number of thiazole rings is 1. The molecule has 0 amide bonds. The maximum atomic E-state index is 13.4. The van der Waals surface area contributed by atoms with E-state index in [1.807, 2.05) is 22.1 Å². The van der Waals surface area contributed by atoms with Gasteiger partial charge in [-0.15, -0.1) is 36.2 Å². The summed E-state index contributed by atoms with van der Waals surface area (Å²) in [6, 6.07) is 3.88. The Hall–Kier alpha value is -2.46. The molecule has 6 heterocycles. The number of piperidine rings is 1. The van der Waals surface area contributed by atoms with E-state index in [-0.39, 0.29) is 35.9 Å². The van der Waals surface area contributed by atoms with E-state index in [2.05, 4.69) is 15.3 Å². The van der Waals surface area contributed by atoms with Crippen molar-refractivity contribution >= 4 is 41.1 Å². The van der Waals surface area contributed by atoms with Gasteiger partial charge in [-0.1, -0.05) is 0 Å². The third-order valence-corrected chi connectivity index (χ3v) is 6.75. The van der Waals surface area contributed by atoms with Gasteiger partial charge in [-0.05, 0) is 31.0 Å². The normalized spacial score (nSPS) is 19.4. The molecule has 1 saturated heterocycles. The lowest BCUT2D eigenvalue weighted by atomic mass is 9.84. The van der Waals surface area contributed by atoms with Crippen molar-refractivity contribution in [2.75, 3.05) is 13.1 Å². The van der Waals surface area contributed by atoms with E-state index in [4.69, 9.17) is 0 Å².